The van der Waals surface area contributed by atoms with Gasteiger partial charge in [-0.1, -0.05) is 12.1 Å². The smallest absolute Gasteiger partial charge is 0.251 e. The summed E-state index contributed by atoms with van der Waals surface area (Å²) in [5, 5.41) is 21.5. The molecule has 3 N–H and O–H groups in total. The van der Waals surface area contributed by atoms with Crippen LogP contribution in [0.2, 0.25) is 0 Å². The number of phenolic OH excluding ortho intramolecular Hbond substituents is 1. The summed E-state index contributed by atoms with van der Waals surface area (Å²) in [6.45, 7) is -0.164. The van der Waals surface area contributed by atoms with Gasteiger partial charge >= 0.3 is 0 Å². The molecule has 0 spiro atoms. The highest BCUT2D eigenvalue weighted by Crippen LogP contribution is 2.13. The van der Waals surface area contributed by atoms with Gasteiger partial charge in [-0.25, -0.2) is 0 Å². The number of phenols is 1. The average Bonchev–Trinajstić information content (AvgIpc) is 2.56. The number of ether oxygens (including phenoxy) is 1. The fourth-order valence-electron chi connectivity index (χ4n) is 2.09. The summed E-state index contributed by atoms with van der Waals surface area (Å²) in [5.74, 6) is 0.617. The first kappa shape index (κ1) is 15.9. The molecule has 0 aliphatic carbocycles. The highest BCUT2D eigenvalue weighted by atomic mass is 16.5. The van der Waals surface area contributed by atoms with Crippen LogP contribution in [0.3, 0.4) is 0 Å². The van der Waals surface area contributed by atoms with Crippen LogP contribution < -0.4 is 10.1 Å². The van der Waals surface area contributed by atoms with Crippen molar-refractivity contribution in [3.8, 4) is 11.5 Å². The van der Waals surface area contributed by atoms with E-state index in [9.17, 15) is 15.0 Å². The third kappa shape index (κ3) is 4.23. The van der Waals surface area contributed by atoms with Crippen molar-refractivity contribution in [2.45, 2.75) is 12.5 Å². The molecule has 5 nitrogen and oxygen atoms in total. The van der Waals surface area contributed by atoms with Gasteiger partial charge in [0.2, 0.25) is 0 Å². The molecule has 2 aromatic rings. The largest absolute Gasteiger partial charge is 0.508 e. The molecule has 0 aliphatic heterocycles. The maximum Gasteiger partial charge on any atom is 0.251 e. The van der Waals surface area contributed by atoms with Crippen molar-refractivity contribution >= 4 is 5.91 Å². The predicted octanol–water partition coefficient (Wildman–Crippen LogP) is 1.73. The fraction of sp³-hybridized carbons (Fsp3) is 0.235. The van der Waals surface area contributed by atoms with Crippen LogP contribution >= 0.6 is 0 Å². The number of aromatic hydroxyl groups is 1. The number of carbonyl (C=O) groups excluding carboxylic acids is 1. The van der Waals surface area contributed by atoms with Crippen molar-refractivity contribution in [2.24, 2.45) is 0 Å². The summed E-state index contributed by atoms with van der Waals surface area (Å²) in [5.41, 5.74) is 1.43. The van der Waals surface area contributed by atoms with Crippen LogP contribution in [0, 0.1) is 0 Å². The van der Waals surface area contributed by atoms with Gasteiger partial charge < -0.3 is 20.3 Å². The molecule has 22 heavy (non-hydrogen) atoms. The Morgan fingerprint density at radius 3 is 2.32 bits per heavy atom. The lowest BCUT2D eigenvalue weighted by Crippen LogP contribution is -2.39. The SMILES string of the molecule is COc1ccc(C(=O)N[C@H](CO)Cc2ccc(O)cc2)cc1. The summed E-state index contributed by atoms with van der Waals surface area (Å²) in [4.78, 5) is 12.2. The summed E-state index contributed by atoms with van der Waals surface area (Å²) in [6.07, 6.45) is 0.485. The van der Waals surface area contributed by atoms with Crippen molar-refractivity contribution in [2.75, 3.05) is 13.7 Å². The molecule has 0 radical (unpaired) electrons. The highest BCUT2D eigenvalue weighted by Gasteiger charge is 2.13. The summed E-state index contributed by atoms with van der Waals surface area (Å²) >= 11 is 0. The number of benzene rings is 2. The molecular weight excluding hydrogens is 282 g/mol. The summed E-state index contributed by atoms with van der Waals surface area (Å²) in [6, 6.07) is 13.1. The Balaban J connectivity index is 1.99. The van der Waals surface area contributed by atoms with Gasteiger partial charge in [0, 0.05) is 5.56 Å². The van der Waals surface area contributed by atoms with Gasteiger partial charge in [0.05, 0.1) is 19.8 Å². The molecule has 5 heteroatoms. The van der Waals surface area contributed by atoms with Gasteiger partial charge in [-0.15, -0.1) is 0 Å². The lowest BCUT2D eigenvalue weighted by Gasteiger charge is -2.16. The standard InChI is InChI=1S/C17H19NO4/c1-22-16-8-4-13(5-9-16)17(21)18-14(11-19)10-12-2-6-15(20)7-3-12/h2-9,14,19-20H,10-11H2,1H3,(H,18,21)/t14-/m0/s1. The van der Waals surface area contributed by atoms with Crippen molar-refractivity contribution in [1.29, 1.82) is 0 Å². The first-order chi connectivity index (χ1) is 10.6. The van der Waals surface area contributed by atoms with Gasteiger partial charge in [0.1, 0.15) is 11.5 Å². The van der Waals surface area contributed by atoms with Crippen LogP contribution in [0.15, 0.2) is 48.5 Å². The minimum Gasteiger partial charge on any atom is -0.508 e. The number of hydrogen-bond acceptors (Lipinski definition) is 4. The lowest BCUT2D eigenvalue weighted by molar-refractivity contribution is 0.0916. The molecule has 2 rings (SSSR count). The zero-order valence-electron chi connectivity index (χ0n) is 12.3. The maximum absolute atomic E-state index is 12.2. The Morgan fingerprint density at radius 2 is 1.77 bits per heavy atom. The average molecular weight is 301 g/mol. The first-order valence-corrected chi connectivity index (χ1v) is 6.96. The van der Waals surface area contributed by atoms with Crippen molar-refractivity contribution < 1.29 is 19.7 Å². The zero-order chi connectivity index (χ0) is 15.9. The molecule has 0 fully saturated rings. The number of amides is 1. The van der Waals surface area contributed by atoms with E-state index in [2.05, 4.69) is 5.32 Å². The normalized spacial score (nSPS) is 11.7. The lowest BCUT2D eigenvalue weighted by atomic mass is 10.1. The highest BCUT2D eigenvalue weighted by molar-refractivity contribution is 5.94. The van der Waals surface area contributed by atoms with Crippen LogP contribution in [0.25, 0.3) is 0 Å². The Kier molecular flexibility index (Phi) is 5.38. The van der Waals surface area contributed by atoms with Crippen LogP contribution in [-0.4, -0.2) is 35.9 Å². The second-order valence-electron chi connectivity index (χ2n) is 4.95. The Bertz CT molecular complexity index is 608. The van der Waals surface area contributed by atoms with Crippen LogP contribution in [0.5, 0.6) is 11.5 Å². The summed E-state index contributed by atoms with van der Waals surface area (Å²) in [7, 11) is 1.56. The minimum atomic E-state index is -0.390. The van der Waals surface area contributed by atoms with Gasteiger partial charge in [0.15, 0.2) is 0 Å². The molecule has 2 aromatic carbocycles. The number of aliphatic hydroxyl groups excluding tert-OH is 1. The predicted molar refractivity (Wildman–Crippen MR) is 83.1 cm³/mol. The number of rotatable bonds is 6. The Morgan fingerprint density at radius 1 is 1.14 bits per heavy atom. The van der Waals surface area contributed by atoms with E-state index in [1.807, 2.05) is 0 Å². The maximum atomic E-state index is 12.2. The van der Waals surface area contributed by atoms with Crippen LogP contribution in [0.1, 0.15) is 15.9 Å². The second-order valence-corrected chi connectivity index (χ2v) is 4.95. The number of carbonyl (C=O) groups is 1. The van der Waals surface area contributed by atoms with Gasteiger partial charge in [-0.3, -0.25) is 4.79 Å². The molecule has 0 aliphatic rings. The van der Waals surface area contributed by atoms with E-state index in [0.29, 0.717) is 17.7 Å². The van der Waals surface area contributed by atoms with E-state index in [-0.39, 0.29) is 24.3 Å². The fourth-order valence-corrected chi connectivity index (χ4v) is 2.09. The minimum absolute atomic E-state index is 0.164. The van der Waals surface area contributed by atoms with Crippen molar-refractivity contribution in [3.63, 3.8) is 0 Å². The van der Waals surface area contributed by atoms with E-state index in [1.165, 1.54) is 0 Å². The van der Waals surface area contributed by atoms with E-state index in [1.54, 1.807) is 55.6 Å². The molecule has 0 aromatic heterocycles. The van der Waals surface area contributed by atoms with Crippen LogP contribution in [0.4, 0.5) is 0 Å². The van der Waals surface area contributed by atoms with Crippen molar-refractivity contribution in [3.05, 3.63) is 59.7 Å². The second kappa shape index (κ2) is 7.47. The van der Waals surface area contributed by atoms with E-state index in [4.69, 9.17) is 4.74 Å². The molecule has 0 bridgehead atoms. The molecule has 0 saturated heterocycles. The quantitative estimate of drug-likeness (QED) is 0.759. The van der Waals surface area contributed by atoms with Gasteiger partial charge in [-0.2, -0.15) is 0 Å². The monoisotopic (exact) mass is 301 g/mol. The van der Waals surface area contributed by atoms with E-state index >= 15 is 0 Å². The van der Waals surface area contributed by atoms with E-state index < -0.39 is 0 Å². The van der Waals surface area contributed by atoms with Gasteiger partial charge in [0.25, 0.3) is 5.91 Å². The number of nitrogens with one attached hydrogen (secondary N) is 1. The number of aliphatic hydroxyl groups is 1. The topological polar surface area (TPSA) is 78.8 Å². The molecule has 1 atom stereocenters. The summed E-state index contributed by atoms with van der Waals surface area (Å²) < 4.78 is 5.05. The molecule has 1 amide bonds. The first-order valence-electron chi connectivity index (χ1n) is 6.96. The molecule has 0 unspecified atom stereocenters. The molecule has 0 heterocycles. The molecular formula is C17H19NO4. The van der Waals surface area contributed by atoms with E-state index in [0.717, 1.165) is 5.56 Å². The van der Waals surface area contributed by atoms with Gasteiger partial charge in [-0.05, 0) is 48.4 Å². The van der Waals surface area contributed by atoms with Crippen molar-refractivity contribution in [1.82, 2.24) is 5.32 Å². The zero-order valence-corrected chi connectivity index (χ0v) is 12.3. The Labute approximate surface area is 129 Å². The third-order valence-electron chi connectivity index (χ3n) is 3.33. The molecule has 0 saturated carbocycles. The molecule has 116 valence electrons. The number of methoxy groups -OCH3 is 1. The third-order valence-corrected chi connectivity index (χ3v) is 3.33. The number of hydrogen-bond donors (Lipinski definition) is 3. The Hall–Kier alpha value is -2.53. The van der Waals surface area contributed by atoms with Crippen LogP contribution in [-0.2, 0) is 6.42 Å².